The number of rotatable bonds is 2. The fourth-order valence-corrected chi connectivity index (χ4v) is 15.4. The molecule has 48 heavy (non-hydrogen) atoms. The van der Waals surface area contributed by atoms with Crippen LogP contribution in [0.3, 0.4) is 0 Å². The Kier molecular flexibility index (Phi) is 8.64. The zero-order chi connectivity index (χ0) is 34.6. The van der Waals surface area contributed by atoms with E-state index in [2.05, 4.69) is 27.7 Å². The summed E-state index contributed by atoms with van der Waals surface area (Å²) in [7, 11) is 0. The van der Waals surface area contributed by atoms with Crippen LogP contribution in [0.15, 0.2) is 0 Å². The van der Waals surface area contributed by atoms with Gasteiger partial charge in [-0.3, -0.25) is 24.0 Å². The number of aliphatic hydroxyl groups excluding tert-OH is 1. The molecule has 0 aromatic rings. The Balaban J connectivity index is 0.000000152. The maximum absolute atomic E-state index is 13.3. The number of carbonyl (C=O) groups is 5. The van der Waals surface area contributed by atoms with Gasteiger partial charge in [0.1, 0.15) is 28.9 Å². The highest BCUT2D eigenvalue weighted by Gasteiger charge is 2.65. The van der Waals surface area contributed by atoms with Crippen molar-refractivity contribution in [1.82, 2.24) is 0 Å². The number of ketones is 5. The Morgan fingerprint density at radius 2 is 1.12 bits per heavy atom. The molecule has 0 spiro atoms. The summed E-state index contributed by atoms with van der Waals surface area (Å²) in [5.74, 6) is 5.40. The molecule has 8 saturated carbocycles. The fourth-order valence-electron chi connectivity index (χ4n) is 15.4. The summed E-state index contributed by atoms with van der Waals surface area (Å²) in [5, 5.41) is 11.2. The number of aliphatic hydroxyl groups is 1. The third-order valence-corrected chi connectivity index (χ3v) is 17.6. The van der Waals surface area contributed by atoms with Gasteiger partial charge in [0.2, 0.25) is 0 Å². The number of carbonyl (C=O) groups excluding carboxylic acids is 5. The standard InChI is InChI=1S/C21H32O3.C21H30O3/c2*1-12(22)16-6-7-17-15-5-4-13-10-14(23)8-9-20(13,2)19(15)18(24)11-21(16,17)3/h13,15-19,24H,4-11H2,1-3H3;13,15-17,19H,4-11H2,1-3H3/t13-,15?,16+,17?,18+,19?,20-,21+;13?,15?,16-,17?,19?,20+,21-/m01/s1. The van der Waals surface area contributed by atoms with Crippen molar-refractivity contribution in [3.63, 3.8) is 0 Å². The summed E-state index contributed by atoms with van der Waals surface area (Å²) in [6.45, 7) is 12.6. The molecule has 0 amide bonds. The van der Waals surface area contributed by atoms with E-state index in [4.69, 9.17) is 0 Å². The quantitative estimate of drug-likeness (QED) is 0.324. The normalized spacial score (nSPS) is 52.4. The molecule has 0 heterocycles. The van der Waals surface area contributed by atoms with E-state index in [1.165, 1.54) is 0 Å². The number of Topliss-reactive ketones (excluding diaryl/α,β-unsaturated/α-hetero) is 5. The molecule has 0 aromatic carbocycles. The Morgan fingerprint density at radius 1 is 0.625 bits per heavy atom. The van der Waals surface area contributed by atoms with Gasteiger partial charge in [-0.1, -0.05) is 27.7 Å². The summed E-state index contributed by atoms with van der Waals surface area (Å²) in [5.41, 5.74) is 0.00724. The Morgan fingerprint density at radius 3 is 1.71 bits per heavy atom. The smallest absolute Gasteiger partial charge is 0.137 e. The van der Waals surface area contributed by atoms with Crippen LogP contribution in [0.2, 0.25) is 0 Å². The van der Waals surface area contributed by atoms with Crippen LogP contribution in [-0.4, -0.2) is 40.1 Å². The average molecular weight is 663 g/mol. The molecule has 7 unspecified atom stereocenters. The summed E-state index contributed by atoms with van der Waals surface area (Å²) < 4.78 is 0. The van der Waals surface area contributed by atoms with Crippen molar-refractivity contribution in [3.05, 3.63) is 0 Å². The van der Waals surface area contributed by atoms with Crippen LogP contribution in [0.25, 0.3) is 0 Å². The van der Waals surface area contributed by atoms with E-state index in [1.54, 1.807) is 13.8 Å². The first-order chi connectivity index (χ1) is 22.5. The first-order valence-electron chi connectivity index (χ1n) is 19.8. The van der Waals surface area contributed by atoms with Gasteiger partial charge >= 0.3 is 0 Å². The van der Waals surface area contributed by atoms with Crippen LogP contribution in [0, 0.1) is 80.8 Å². The average Bonchev–Trinajstić information content (AvgIpc) is 3.54. The molecule has 8 fully saturated rings. The first-order valence-corrected chi connectivity index (χ1v) is 19.8. The predicted octanol–water partition coefficient (Wildman–Crippen LogP) is 7.76. The molecule has 8 aliphatic rings. The molecule has 0 bridgehead atoms. The van der Waals surface area contributed by atoms with Gasteiger partial charge in [0.05, 0.1) is 6.10 Å². The second kappa shape index (κ2) is 11.9. The van der Waals surface area contributed by atoms with Crippen LogP contribution in [-0.2, 0) is 24.0 Å². The van der Waals surface area contributed by atoms with Crippen LogP contribution < -0.4 is 0 Å². The summed E-state index contributed by atoms with van der Waals surface area (Å²) in [6, 6.07) is 0. The van der Waals surface area contributed by atoms with Crippen molar-refractivity contribution < 1.29 is 29.1 Å². The molecule has 0 aliphatic heterocycles. The molecule has 266 valence electrons. The molecule has 0 aromatic heterocycles. The van der Waals surface area contributed by atoms with Gasteiger partial charge in [-0.2, -0.15) is 0 Å². The van der Waals surface area contributed by atoms with Crippen molar-refractivity contribution in [2.75, 3.05) is 0 Å². The highest BCUT2D eigenvalue weighted by atomic mass is 16.3. The molecule has 0 radical (unpaired) electrons. The monoisotopic (exact) mass is 662 g/mol. The van der Waals surface area contributed by atoms with Gasteiger partial charge in [0.25, 0.3) is 0 Å². The van der Waals surface area contributed by atoms with E-state index >= 15 is 0 Å². The zero-order valence-electron chi connectivity index (χ0n) is 30.7. The Labute approximate surface area is 288 Å². The van der Waals surface area contributed by atoms with Crippen LogP contribution in [0.5, 0.6) is 0 Å². The van der Waals surface area contributed by atoms with Crippen molar-refractivity contribution in [3.8, 4) is 0 Å². The molecule has 6 heteroatoms. The SMILES string of the molecule is CC(=O)[C@H]1CCC2C3CCC4CC(=O)CC[C@]4(C)C3C(=O)C[C@@]21C.CC(=O)[C@H]1CCC2C3CC[C@H]4CC(=O)CC[C@]4(C)C3[C@H](O)C[C@@]21C. The third kappa shape index (κ3) is 5.05. The van der Waals surface area contributed by atoms with E-state index in [0.29, 0.717) is 90.2 Å². The van der Waals surface area contributed by atoms with Crippen molar-refractivity contribution in [2.24, 2.45) is 80.8 Å². The molecule has 6 nitrogen and oxygen atoms in total. The molecule has 8 aliphatic carbocycles. The largest absolute Gasteiger partial charge is 0.393 e. The molecule has 15 atom stereocenters. The van der Waals surface area contributed by atoms with Crippen LogP contribution in [0.1, 0.15) is 144 Å². The van der Waals surface area contributed by atoms with E-state index in [0.717, 1.165) is 77.0 Å². The summed E-state index contributed by atoms with van der Waals surface area (Å²) in [4.78, 5) is 61.5. The first kappa shape index (κ1) is 34.7. The predicted molar refractivity (Wildman–Crippen MR) is 184 cm³/mol. The molecular weight excluding hydrogens is 600 g/mol. The minimum atomic E-state index is -0.308. The second-order valence-corrected chi connectivity index (χ2v) is 19.5. The Hall–Kier alpha value is -1.69. The third-order valence-electron chi connectivity index (χ3n) is 17.6. The maximum Gasteiger partial charge on any atom is 0.137 e. The highest BCUT2D eigenvalue weighted by Crippen LogP contribution is 2.68. The Bertz CT molecular complexity index is 1380. The van der Waals surface area contributed by atoms with E-state index < -0.39 is 0 Å². The van der Waals surface area contributed by atoms with Crippen LogP contribution >= 0.6 is 0 Å². The zero-order valence-corrected chi connectivity index (χ0v) is 30.7. The van der Waals surface area contributed by atoms with Crippen molar-refractivity contribution in [2.45, 2.75) is 150 Å². The number of fused-ring (bicyclic) bond motifs is 10. The van der Waals surface area contributed by atoms with Gasteiger partial charge < -0.3 is 5.11 Å². The minimum Gasteiger partial charge on any atom is -0.393 e. The van der Waals surface area contributed by atoms with Crippen LogP contribution in [0.4, 0.5) is 0 Å². The van der Waals surface area contributed by atoms with Gasteiger partial charge in [0, 0.05) is 49.9 Å². The summed E-state index contributed by atoms with van der Waals surface area (Å²) in [6.07, 6.45) is 14.3. The lowest BCUT2D eigenvalue weighted by Crippen LogP contribution is -2.59. The topological polar surface area (TPSA) is 106 Å². The lowest BCUT2D eigenvalue weighted by atomic mass is 9.44. The number of hydrogen-bond donors (Lipinski definition) is 1. The van der Waals surface area contributed by atoms with Gasteiger partial charge in [0.15, 0.2) is 0 Å². The summed E-state index contributed by atoms with van der Waals surface area (Å²) >= 11 is 0. The highest BCUT2D eigenvalue weighted by molar-refractivity contribution is 5.88. The van der Waals surface area contributed by atoms with Crippen molar-refractivity contribution >= 4 is 28.9 Å². The molecule has 1 N–H and O–H groups in total. The minimum absolute atomic E-state index is 0.0138. The number of hydrogen-bond acceptors (Lipinski definition) is 6. The van der Waals surface area contributed by atoms with Gasteiger partial charge in [-0.05, 0) is 148 Å². The second-order valence-electron chi connectivity index (χ2n) is 19.5. The lowest BCUT2D eigenvalue weighted by Gasteiger charge is -2.61. The fraction of sp³-hybridized carbons (Fsp3) is 0.881. The van der Waals surface area contributed by atoms with Crippen molar-refractivity contribution in [1.29, 1.82) is 0 Å². The molecule has 0 saturated heterocycles. The van der Waals surface area contributed by atoms with E-state index in [9.17, 15) is 29.1 Å². The van der Waals surface area contributed by atoms with E-state index in [-0.39, 0.29) is 51.3 Å². The van der Waals surface area contributed by atoms with E-state index in [1.807, 2.05) is 0 Å². The van der Waals surface area contributed by atoms with Gasteiger partial charge in [-0.25, -0.2) is 0 Å². The van der Waals surface area contributed by atoms with Gasteiger partial charge in [-0.15, -0.1) is 0 Å². The maximum atomic E-state index is 13.3. The molecular formula is C42H62O6. The lowest BCUT2D eigenvalue weighted by molar-refractivity contribution is -0.173. The molecule has 8 rings (SSSR count).